The van der Waals surface area contributed by atoms with Crippen LogP contribution in [0.15, 0.2) is 30.3 Å². The summed E-state index contributed by atoms with van der Waals surface area (Å²) in [5, 5.41) is 0. The molecule has 0 radical (unpaired) electrons. The van der Waals surface area contributed by atoms with Crippen LogP contribution in [0.3, 0.4) is 0 Å². The number of rotatable bonds is 8. The van der Waals surface area contributed by atoms with Crippen LogP contribution in [-0.4, -0.2) is 48.0 Å². The van der Waals surface area contributed by atoms with Crippen molar-refractivity contribution in [2.45, 2.75) is 58.9 Å². The molecule has 1 fully saturated rings. The van der Waals surface area contributed by atoms with Gasteiger partial charge in [-0.05, 0) is 31.7 Å². The molecule has 25 heavy (non-hydrogen) atoms. The van der Waals surface area contributed by atoms with Gasteiger partial charge in [0.15, 0.2) is 0 Å². The zero-order valence-corrected chi connectivity index (χ0v) is 15.6. The van der Waals surface area contributed by atoms with Gasteiger partial charge in [-0.25, -0.2) is 4.79 Å². The molecule has 1 saturated heterocycles. The molecule has 0 spiro atoms. The van der Waals surface area contributed by atoms with Crippen molar-refractivity contribution in [3.8, 4) is 0 Å². The first kappa shape index (κ1) is 19.6. The summed E-state index contributed by atoms with van der Waals surface area (Å²) in [6, 6.07) is 8.98. The minimum Gasteiger partial charge on any atom is -0.455 e. The third-order valence-electron chi connectivity index (χ3n) is 4.37. The highest BCUT2D eigenvalue weighted by Gasteiger charge is 2.44. The molecule has 1 aliphatic heterocycles. The van der Waals surface area contributed by atoms with Gasteiger partial charge in [0.1, 0.15) is 12.6 Å². The van der Waals surface area contributed by atoms with Gasteiger partial charge in [-0.2, -0.15) is 0 Å². The van der Waals surface area contributed by atoms with Crippen LogP contribution in [0.25, 0.3) is 0 Å². The van der Waals surface area contributed by atoms with Crippen LogP contribution in [-0.2, 0) is 25.7 Å². The highest BCUT2D eigenvalue weighted by molar-refractivity contribution is 6.36. The highest BCUT2D eigenvalue weighted by atomic mass is 16.5. The largest absolute Gasteiger partial charge is 0.455 e. The lowest BCUT2D eigenvalue weighted by Crippen LogP contribution is -2.49. The van der Waals surface area contributed by atoms with Crippen molar-refractivity contribution in [2.24, 2.45) is 5.92 Å². The summed E-state index contributed by atoms with van der Waals surface area (Å²) in [6.45, 7) is 9.64. The van der Waals surface area contributed by atoms with Gasteiger partial charge in [0, 0.05) is 19.2 Å². The first-order chi connectivity index (χ1) is 11.9. The molecule has 0 aliphatic carbocycles. The van der Waals surface area contributed by atoms with Crippen molar-refractivity contribution < 1.29 is 19.1 Å². The Bertz CT molecular complexity index is 570. The molecule has 5 heteroatoms. The maximum Gasteiger partial charge on any atom is 0.376 e. The average molecular weight is 347 g/mol. The molecule has 1 heterocycles. The Morgan fingerprint density at radius 2 is 1.84 bits per heavy atom. The summed E-state index contributed by atoms with van der Waals surface area (Å²) in [5.74, 6) is -0.899. The molecule has 0 amide bonds. The normalized spacial score (nSPS) is 21.0. The maximum absolute atomic E-state index is 12.7. The van der Waals surface area contributed by atoms with E-state index in [9.17, 15) is 9.59 Å². The summed E-state index contributed by atoms with van der Waals surface area (Å²) in [6.07, 6.45) is 0.509. The zero-order chi connectivity index (χ0) is 18.4. The number of carbonyl (C=O) groups excluding carboxylic acids is 2. The molecule has 1 aliphatic rings. The molecule has 138 valence electrons. The number of ketones is 1. The van der Waals surface area contributed by atoms with Crippen molar-refractivity contribution in [1.82, 2.24) is 4.90 Å². The summed E-state index contributed by atoms with van der Waals surface area (Å²) in [5.41, 5.74) is 0.864. The Hall–Kier alpha value is -1.72. The zero-order valence-electron chi connectivity index (χ0n) is 15.6. The minimum absolute atomic E-state index is 0.108. The maximum atomic E-state index is 12.7. The van der Waals surface area contributed by atoms with E-state index in [-0.39, 0.29) is 18.8 Å². The van der Waals surface area contributed by atoms with Crippen LogP contribution >= 0.6 is 0 Å². The van der Waals surface area contributed by atoms with Crippen LogP contribution < -0.4 is 0 Å². The Morgan fingerprint density at radius 1 is 1.16 bits per heavy atom. The average Bonchev–Trinajstić information content (AvgIpc) is 3.02. The van der Waals surface area contributed by atoms with Gasteiger partial charge >= 0.3 is 5.97 Å². The molecule has 0 N–H and O–H groups in total. The van der Waals surface area contributed by atoms with Crippen molar-refractivity contribution in [3.63, 3.8) is 0 Å². The number of nitrogens with zero attached hydrogens (tertiary/aromatic N) is 1. The topological polar surface area (TPSA) is 55.8 Å². The van der Waals surface area contributed by atoms with Crippen molar-refractivity contribution >= 4 is 11.8 Å². The molecule has 2 rings (SSSR count). The number of hydrogen-bond acceptors (Lipinski definition) is 5. The first-order valence-corrected chi connectivity index (χ1v) is 9.02. The number of benzene rings is 1. The van der Waals surface area contributed by atoms with Gasteiger partial charge in [0.05, 0.1) is 6.10 Å². The van der Waals surface area contributed by atoms with Crippen molar-refractivity contribution in [3.05, 3.63) is 35.9 Å². The monoisotopic (exact) mass is 347 g/mol. The first-order valence-electron chi connectivity index (χ1n) is 9.02. The SMILES string of the molecule is CC(C)CO[C@H]1CCN(C(C)C)C1C(=O)C(=O)OCc1ccccc1. The fourth-order valence-electron chi connectivity index (χ4n) is 3.09. The molecular formula is C20H29NO4. The predicted molar refractivity (Wildman–Crippen MR) is 96.1 cm³/mol. The van der Waals surface area contributed by atoms with Gasteiger partial charge in [0.25, 0.3) is 5.78 Å². The van der Waals surface area contributed by atoms with Crippen LogP contribution in [0.2, 0.25) is 0 Å². The van der Waals surface area contributed by atoms with E-state index < -0.39 is 17.8 Å². The van der Waals surface area contributed by atoms with Crippen LogP contribution in [0.5, 0.6) is 0 Å². The molecule has 0 aromatic heterocycles. The Labute approximate surface area is 150 Å². The molecule has 1 aromatic carbocycles. The standard InChI is InChI=1S/C20H29NO4/c1-14(2)12-24-17-10-11-21(15(3)4)18(17)19(22)20(23)25-13-16-8-6-5-7-9-16/h5-9,14-15,17-18H,10-13H2,1-4H3/t17-,18?/m0/s1. The minimum atomic E-state index is -0.778. The molecule has 5 nitrogen and oxygen atoms in total. The van der Waals surface area contributed by atoms with Gasteiger partial charge in [-0.1, -0.05) is 44.2 Å². The fourth-order valence-corrected chi connectivity index (χ4v) is 3.09. The Balaban J connectivity index is 2.01. The predicted octanol–water partition coefficient (Wildman–Crippen LogP) is 2.82. The molecule has 2 atom stereocenters. The second-order valence-electron chi connectivity index (χ2n) is 7.26. The molecule has 1 unspecified atom stereocenters. The third-order valence-corrected chi connectivity index (χ3v) is 4.37. The van der Waals surface area contributed by atoms with Crippen LogP contribution in [0.4, 0.5) is 0 Å². The summed E-state index contributed by atoms with van der Waals surface area (Å²) < 4.78 is 11.2. The molecule has 0 saturated carbocycles. The molecule has 1 aromatic rings. The van der Waals surface area contributed by atoms with Crippen LogP contribution in [0, 0.1) is 5.92 Å². The second kappa shape index (κ2) is 9.11. The Kier molecular flexibility index (Phi) is 7.14. The van der Waals surface area contributed by atoms with E-state index in [2.05, 4.69) is 13.8 Å². The van der Waals surface area contributed by atoms with Gasteiger partial charge < -0.3 is 9.47 Å². The van der Waals surface area contributed by atoms with Gasteiger partial charge in [-0.3, -0.25) is 9.69 Å². The van der Waals surface area contributed by atoms with E-state index in [1.807, 2.05) is 49.1 Å². The lowest BCUT2D eigenvalue weighted by atomic mass is 10.1. The van der Waals surface area contributed by atoms with Gasteiger partial charge in [-0.15, -0.1) is 0 Å². The molecular weight excluding hydrogens is 318 g/mol. The Morgan fingerprint density at radius 3 is 2.44 bits per heavy atom. The number of Topliss-reactive ketones (excluding diaryl/α,β-unsaturated/α-hetero) is 1. The van der Waals surface area contributed by atoms with E-state index in [1.165, 1.54) is 0 Å². The van der Waals surface area contributed by atoms with E-state index in [4.69, 9.17) is 9.47 Å². The lowest BCUT2D eigenvalue weighted by Gasteiger charge is -2.29. The van der Waals surface area contributed by atoms with E-state index in [1.54, 1.807) is 0 Å². The highest BCUT2D eigenvalue weighted by Crippen LogP contribution is 2.25. The fraction of sp³-hybridized carbons (Fsp3) is 0.600. The third kappa shape index (κ3) is 5.38. The number of ether oxygens (including phenoxy) is 2. The quantitative estimate of drug-likeness (QED) is 0.535. The number of esters is 1. The second-order valence-corrected chi connectivity index (χ2v) is 7.26. The van der Waals surface area contributed by atoms with Gasteiger partial charge in [0.2, 0.25) is 0 Å². The van der Waals surface area contributed by atoms with E-state index in [0.717, 1.165) is 18.5 Å². The van der Waals surface area contributed by atoms with Crippen molar-refractivity contribution in [2.75, 3.05) is 13.2 Å². The van der Waals surface area contributed by atoms with E-state index >= 15 is 0 Å². The van der Waals surface area contributed by atoms with Crippen molar-refractivity contribution in [1.29, 1.82) is 0 Å². The van der Waals surface area contributed by atoms with E-state index in [0.29, 0.717) is 12.5 Å². The molecule has 0 bridgehead atoms. The number of hydrogen-bond donors (Lipinski definition) is 0. The van der Waals surface area contributed by atoms with Crippen LogP contribution in [0.1, 0.15) is 39.7 Å². The summed E-state index contributed by atoms with van der Waals surface area (Å²) in [7, 11) is 0. The number of likely N-dealkylation sites (tertiary alicyclic amines) is 1. The summed E-state index contributed by atoms with van der Waals surface area (Å²) in [4.78, 5) is 27.1. The smallest absolute Gasteiger partial charge is 0.376 e. The number of carbonyl (C=O) groups is 2. The lowest BCUT2D eigenvalue weighted by molar-refractivity contribution is -0.159. The summed E-state index contributed by atoms with van der Waals surface area (Å²) >= 11 is 0.